The second-order valence-electron chi connectivity index (χ2n) is 5.18. The third-order valence-corrected chi connectivity index (χ3v) is 3.24. The van der Waals surface area contributed by atoms with E-state index in [1.807, 2.05) is 0 Å². The molecule has 0 spiro atoms. The maximum atomic E-state index is 11.8. The van der Waals surface area contributed by atoms with Gasteiger partial charge in [0.25, 0.3) is 0 Å². The molecule has 0 saturated carbocycles. The molecule has 0 bridgehead atoms. The highest BCUT2D eigenvalue weighted by Crippen LogP contribution is 2.08. The molecule has 2 rings (SSSR count). The number of hydrogen-bond acceptors (Lipinski definition) is 12. The first kappa shape index (κ1) is 20.4. The lowest BCUT2D eigenvalue weighted by Gasteiger charge is -2.05. The highest BCUT2D eigenvalue weighted by molar-refractivity contribution is 5.99. The quantitative estimate of drug-likeness (QED) is 0.213. The Hall–Kier alpha value is -3.90. The lowest BCUT2D eigenvalue weighted by atomic mass is 10.2. The molecule has 0 amide bonds. The lowest BCUT2D eigenvalue weighted by Crippen LogP contribution is -2.17. The molecule has 0 radical (unpaired) electrons. The van der Waals surface area contributed by atoms with Crippen molar-refractivity contribution in [3.63, 3.8) is 0 Å². The number of esters is 4. The molecule has 0 atom stereocenters. The van der Waals surface area contributed by atoms with E-state index in [2.05, 4.69) is 30.3 Å². The number of nitrogens with zero attached hydrogens (tertiary/aromatic N) is 2. The molecule has 0 saturated heterocycles. The van der Waals surface area contributed by atoms with Gasteiger partial charge in [0.1, 0.15) is 11.6 Å². The molecule has 146 valence electrons. The Bertz CT molecular complexity index is 795. The predicted molar refractivity (Wildman–Crippen MR) is 94.2 cm³/mol. The van der Waals surface area contributed by atoms with Gasteiger partial charge >= 0.3 is 23.9 Å². The third kappa shape index (κ3) is 5.82. The summed E-state index contributed by atoms with van der Waals surface area (Å²) in [4.78, 5) is 54.5. The highest BCUT2D eigenvalue weighted by atomic mass is 16.6. The van der Waals surface area contributed by atoms with Crippen molar-refractivity contribution in [2.75, 3.05) is 10.9 Å². The summed E-state index contributed by atoms with van der Waals surface area (Å²) in [6, 6.07) is 5.53. The van der Waals surface area contributed by atoms with E-state index in [1.54, 1.807) is 0 Å². The first-order valence-electron chi connectivity index (χ1n) is 7.78. The number of aromatic nitrogens is 2. The number of hydrazine groups is 2. The number of nitrogen functional groups attached to an aromatic ring is 2. The molecule has 12 nitrogen and oxygen atoms in total. The van der Waals surface area contributed by atoms with Gasteiger partial charge in [0.2, 0.25) is 0 Å². The molecule has 2 aromatic heterocycles. The molecule has 2 aromatic rings. The van der Waals surface area contributed by atoms with Gasteiger partial charge in [-0.1, -0.05) is 0 Å². The topological polar surface area (TPSA) is 189 Å². The number of rotatable bonds is 7. The largest absolute Gasteiger partial charge is 0.389 e. The van der Waals surface area contributed by atoms with Gasteiger partial charge in [-0.15, -0.1) is 0 Å². The zero-order valence-corrected chi connectivity index (χ0v) is 14.4. The molecule has 0 fully saturated rings. The number of pyridine rings is 2. The van der Waals surface area contributed by atoms with Crippen LogP contribution in [0.2, 0.25) is 0 Å². The number of carbonyl (C=O) groups is 4. The smallest absolute Gasteiger partial charge is 0.347 e. The van der Waals surface area contributed by atoms with Crippen molar-refractivity contribution in [1.82, 2.24) is 9.97 Å². The molecule has 0 aromatic carbocycles. The van der Waals surface area contributed by atoms with Crippen molar-refractivity contribution >= 4 is 35.5 Å². The first-order chi connectivity index (χ1) is 13.4. The van der Waals surface area contributed by atoms with Crippen molar-refractivity contribution in [1.29, 1.82) is 0 Å². The van der Waals surface area contributed by atoms with Gasteiger partial charge in [-0.3, -0.25) is 9.59 Å². The number of ether oxygens (including phenoxy) is 2. The number of nitrogens with two attached hydrogens (primary N) is 2. The van der Waals surface area contributed by atoms with Gasteiger partial charge in [0.15, 0.2) is 0 Å². The minimum absolute atomic E-state index is 0.0213. The summed E-state index contributed by atoms with van der Waals surface area (Å²) in [6.07, 6.45) is 1.42. The molecule has 28 heavy (non-hydrogen) atoms. The van der Waals surface area contributed by atoms with Gasteiger partial charge in [0.05, 0.1) is 24.0 Å². The zero-order valence-electron chi connectivity index (χ0n) is 14.4. The summed E-state index contributed by atoms with van der Waals surface area (Å²) in [6.45, 7) is 0. The van der Waals surface area contributed by atoms with E-state index in [4.69, 9.17) is 11.7 Å². The average molecular weight is 388 g/mol. The van der Waals surface area contributed by atoms with Crippen LogP contribution in [-0.4, -0.2) is 33.8 Å². The summed E-state index contributed by atoms with van der Waals surface area (Å²) in [5.74, 6) is 7.13. The normalized spacial score (nSPS) is 9.93. The number of hydrogen-bond donors (Lipinski definition) is 4. The van der Waals surface area contributed by atoms with Crippen molar-refractivity contribution in [2.45, 2.75) is 12.8 Å². The Labute approximate surface area is 158 Å². The van der Waals surface area contributed by atoms with Crippen LogP contribution >= 0.6 is 0 Å². The minimum Gasteiger partial charge on any atom is -0.389 e. The summed E-state index contributed by atoms with van der Waals surface area (Å²) >= 11 is 0. The average Bonchev–Trinajstić information content (AvgIpc) is 2.72. The van der Waals surface area contributed by atoms with Gasteiger partial charge in [-0.25, -0.2) is 31.2 Å². The van der Waals surface area contributed by atoms with Crippen LogP contribution < -0.4 is 22.5 Å². The lowest BCUT2D eigenvalue weighted by molar-refractivity contribution is -0.144. The second-order valence-corrected chi connectivity index (χ2v) is 5.18. The fourth-order valence-electron chi connectivity index (χ4n) is 1.83. The van der Waals surface area contributed by atoms with Gasteiger partial charge < -0.3 is 20.3 Å². The number of anilines is 2. The summed E-state index contributed by atoms with van der Waals surface area (Å²) in [5, 5.41) is 0. The standard InChI is InChI=1S/C16H16N6O6/c17-21-11-3-1-9(7-19-11)15(25)27-13(23)5-6-14(24)28-16(26)10-2-4-12(22-18)20-8-10/h1-4,7-8H,5-6,17-18H2,(H,19,21)(H,20,22). The van der Waals surface area contributed by atoms with Crippen molar-refractivity contribution in [3.05, 3.63) is 47.8 Å². The maximum Gasteiger partial charge on any atom is 0.347 e. The van der Waals surface area contributed by atoms with E-state index in [9.17, 15) is 19.2 Å². The molecule has 6 N–H and O–H groups in total. The summed E-state index contributed by atoms with van der Waals surface area (Å²) in [5.41, 5.74) is 4.60. The van der Waals surface area contributed by atoms with Gasteiger partial charge in [-0.05, 0) is 24.3 Å². The third-order valence-electron chi connectivity index (χ3n) is 3.24. The van der Waals surface area contributed by atoms with Crippen LogP contribution in [-0.2, 0) is 19.1 Å². The maximum absolute atomic E-state index is 11.8. The van der Waals surface area contributed by atoms with Crippen LogP contribution in [0, 0.1) is 0 Å². The van der Waals surface area contributed by atoms with Crippen molar-refractivity contribution < 1.29 is 28.7 Å². The molecular formula is C16H16N6O6. The van der Waals surface area contributed by atoms with E-state index in [0.717, 1.165) is 12.4 Å². The van der Waals surface area contributed by atoms with Crippen molar-refractivity contribution in [2.24, 2.45) is 11.7 Å². The van der Waals surface area contributed by atoms with Crippen molar-refractivity contribution in [3.8, 4) is 0 Å². The minimum atomic E-state index is -0.963. The predicted octanol–water partition coefficient (Wildman–Crippen LogP) is -0.105. The molecule has 0 aliphatic heterocycles. The number of carbonyl (C=O) groups excluding carboxylic acids is 4. The number of nitrogens with one attached hydrogen (secondary N) is 2. The highest BCUT2D eigenvalue weighted by Gasteiger charge is 2.18. The first-order valence-corrected chi connectivity index (χ1v) is 7.78. The van der Waals surface area contributed by atoms with Crippen LogP contribution in [0.5, 0.6) is 0 Å². The van der Waals surface area contributed by atoms with Crippen LogP contribution in [0.15, 0.2) is 36.7 Å². The van der Waals surface area contributed by atoms with Crippen LogP contribution in [0.25, 0.3) is 0 Å². The Morgan fingerprint density at radius 3 is 1.43 bits per heavy atom. The molecule has 0 aliphatic rings. The van der Waals surface area contributed by atoms with Crippen LogP contribution in [0.4, 0.5) is 11.6 Å². The Balaban J connectivity index is 1.78. The zero-order chi connectivity index (χ0) is 20.5. The fourth-order valence-corrected chi connectivity index (χ4v) is 1.83. The molecule has 2 heterocycles. The Morgan fingerprint density at radius 2 is 1.14 bits per heavy atom. The van der Waals surface area contributed by atoms with Crippen LogP contribution in [0.1, 0.15) is 33.6 Å². The summed E-state index contributed by atoms with van der Waals surface area (Å²) < 4.78 is 9.17. The van der Waals surface area contributed by atoms with Crippen LogP contribution in [0.3, 0.4) is 0 Å². The van der Waals surface area contributed by atoms with E-state index < -0.39 is 36.7 Å². The van der Waals surface area contributed by atoms with Gasteiger partial charge in [0, 0.05) is 12.4 Å². The Morgan fingerprint density at radius 1 is 0.750 bits per heavy atom. The van der Waals surface area contributed by atoms with E-state index in [1.165, 1.54) is 24.3 Å². The SMILES string of the molecule is NNc1ccc(C(=O)OC(=O)CCC(=O)OC(=O)c2ccc(NN)nc2)cn1. The monoisotopic (exact) mass is 388 g/mol. The fraction of sp³-hybridized carbons (Fsp3) is 0.125. The van der Waals surface area contributed by atoms with Gasteiger partial charge in [-0.2, -0.15) is 0 Å². The molecular weight excluding hydrogens is 372 g/mol. The van der Waals surface area contributed by atoms with E-state index >= 15 is 0 Å². The Kier molecular flexibility index (Phi) is 7.07. The molecule has 0 unspecified atom stereocenters. The van der Waals surface area contributed by atoms with E-state index in [0.29, 0.717) is 11.6 Å². The molecule has 0 aliphatic carbocycles. The van der Waals surface area contributed by atoms with E-state index in [-0.39, 0.29) is 11.1 Å². The summed E-state index contributed by atoms with van der Waals surface area (Å²) in [7, 11) is 0. The second kappa shape index (κ2) is 9.70. The molecule has 12 heteroatoms.